The van der Waals surface area contributed by atoms with Crippen LogP contribution in [0.4, 0.5) is 13.2 Å². The first-order valence-electron chi connectivity index (χ1n) is 8.28. The van der Waals surface area contributed by atoms with Crippen LogP contribution in [-0.2, 0) is 16.0 Å². The van der Waals surface area contributed by atoms with E-state index in [1.807, 2.05) is 24.3 Å². The Kier molecular flexibility index (Phi) is 5.40. The van der Waals surface area contributed by atoms with Crippen LogP contribution in [0.15, 0.2) is 58.9 Å². The number of carbonyl (C=O) groups is 1. The Bertz CT molecular complexity index is 946. The molecule has 0 radical (unpaired) electrons. The lowest BCUT2D eigenvalue weighted by molar-refractivity contribution is -1.04. The Balaban J connectivity index is 1.97. The average Bonchev–Trinajstić information content (AvgIpc) is 2.63. The summed E-state index contributed by atoms with van der Waals surface area (Å²) in [4.78, 5) is 17.4. The van der Waals surface area contributed by atoms with Crippen molar-refractivity contribution < 1.29 is 32.2 Å². The highest BCUT2D eigenvalue weighted by atomic mass is 79.9. The molecule has 0 aromatic heterocycles. The van der Waals surface area contributed by atoms with Crippen LogP contribution in [0, 0.1) is 0 Å². The average molecular weight is 458 g/mol. The molecule has 2 aromatic carbocycles. The standard InChI is InChI=1S/C19H17BrF3N2O3/c1-25(10-9-12-5-4-6-13(20)11-12)17(27-18(26)19(21,22)23)16(24)14-7-2-3-8-15(14)28-25/h2-8,11H,9-10,24H2,1H3/q+1. The number of rotatable bonds is 4. The van der Waals surface area contributed by atoms with Gasteiger partial charge < -0.3 is 15.3 Å². The van der Waals surface area contributed by atoms with Gasteiger partial charge in [0.15, 0.2) is 0 Å². The summed E-state index contributed by atoms with van der Waals surface area (Å²) in [6, 6.07) is 14.1. The molecule has 1 heterocycles. The molecular formula is C19H17BrF3N2O3+. The summed E-state index contributed by atoms with van der Waals surface area (Å²) in [6.45, 7) is 0.186. The van der Waals surface area contributed by atoms with Gasteiger partial charge in [-0.1, -0.05) is 44.8 Å². The van der Waals surface area contributed by atoms with E-state index in [4.69, 9.17) is 10.6 Å². The molecule has 2 aromatic rings. The van der Waals surface area contributed by atoms with E-state index in [0.29, 0.717) is 17.7 Å². The fourth-order valence-electron chi connectivity index (χ4n) is 2.88. The molecule has 28 heavy (non-hydrogen) atoms. The van der Waals surface area contributed by atoms with E-state index in [-0.39, 0.29) is 12.2 Å². The van der Waals surface area contributed by atoms with E-state index in [0.717, 1.165) is 10.0 Å². The van der Waals surface area contributed by atoms with E-state index in [1.54, 1.807) is 24.3 Å². The molecule has 1 aliphatic heterocycles. The molecule has 0 saturated carbocycles. The molecule has 0 spiro atoms. The molecule has 148 valence electrons. The lowest BCUT2D eigenvalue weighted by atomic mass is 10.1. The van der Waals surface area contributed by atoms with Gasteiger partial charge in [-0.3, -0.25) is 0 Å². The van der Waals surface area contributed by atoms with E-state index in [2.05, 4.69) is 20.7 Å². The first kappa shape index (κ1) is 20.2. The third-order valence-electron chi connectivity index (χ3n) is 4.27. The van der Waals surface area contributed by atoms with Crippen molar-refractivity contribution in [2.24, 2.45) is 5.73 Å². The molecule has 1 unspecified atom stereocenters. The minimum atomic E-state index is -5.15. The largest absolute Gasteiger partial charge is 0.491 e. The SMILES string of the molecule is C[N+]1(CCc2cccc(Br)c2)Oc2ccccc2C(N)=C1OC(=O)C(F)(F)F. The summed E-state index contributed by atoms with van der Waals surface area (Å²) in [5.41, 5.74) is 7.30. The summed E-state index contributed by atoms with van der Waals surface area (Å²) >= 11 is 3.38. The van der Waals surface area contributed by atoms with Crippen molar-refractivity contribution in [2.45, 2.75) is 12.6 Å². The molecule has 0 aliphatic carbocycles. The predicted octanol–water partition coefficient (Wildman–Crippen LogP) is 4.14. The highest BCUT2D eigenvalue weighted by Crippen LogP contribution is 2.37. The number of ether oxygens (including phenoxy) is 1. The highest BCUT2D eigenvalue weighted by Gasteiger charge is 2.48. The number of alkyl halides is 3. The van der Waals surface area contributed by atoms with Crippen LogP contribution in [0.2, 0.25) is 0 Å². The molecule has 1 atom stereocenters. The van der Waals surface area contributed by atoms with Crippen LogP contribution >= 0.6 is 15.9 Å². The van der Waals surface area contributed by atoms with Crippen molar-refractivity contribution in [3.63, 3.8) is 0 Å². The highest BCUT2D eigenvalue weighted by molar-refractivity contribution is 9.10. The number of quaternary nitrogens is 1. The number of nitrogens with two attached hydrogens (primary N) is 1. The Morgan fingerprint density at radius 2 is 1.93 bits per heavy atom. The second-order valence-corrected chi connectivity index (χ2v) is 7.31. The molecular weight excluding hydrogens is 441 g/mol. The first-order valence-corrected chi connectivity index (χ1v) is 9.08. The second-order valence-electron chi connectivity index (χ2n) is 6.40. The summed E-state index contributed by atoms with van der Waals surface area (Å²) in [5.74, 6) is -2.35. The fraction of sp³-hybridized carbons (Fsp3) is 0.211. The van der Waals surface area contributed by atoms with Gasteiger partial charge in [0.25, 0.3) is 0 Å². The minimum absolute atomic E-state index is 0.0730. The van der Waals surface area contributed by atoms with Crippen molar-refractivity contribution in [1.82, 2.24) is 0 Å². The molecule has 0 bridgehead atoms. The fourth-order valence-corrected chi connectivity index (χ4v) is 3.32. The number of halogens is 4. The van der Waals surface area contributed by atoms with Crippen molar-refractivity contribution in [2.75, 3.05) is 13.6 Å². The van der Waals surface area contributed by atoms with E-state index in [9.17, 15) is 18.0 Å². The number of likely N-dealkylation sites (N-methyl/N-ethyl adjacent to an activating group) is 1. The van der Waals surface area contributed by atoms with Gasteiger partial charge in [0.2, 0.25) is 5.75 Å². The summed E-state index contributed by atoms with van der Waals surface area (Å²) < 4.78 is 43.4. The monoisotopic (exact) mass is 457 g/mol. The number of fused-ring (bicyclic) bond motifs is 1. The number of benzene rings is 2. The number of para-hydroxylation sites is 1. The zero-order valence-electron chi connectivity index (χ0n) is 14.8. The van der Waals surface area contributed by atoms with Crippen LogP contribution in [0.5, 0.6) is 5.75 Å². The Labute approximate surface area is 167 Å². The number of hydrogen-bond acceptors (Lipinski definition) is 4. The molecule has 9 heteroatoms. The third-order valence-corrected chi connectivity index (χ3v) is 4.77. The molecule has 0 amide bonds. The smallest absolute Gasteiger partial charge is 0.390 e. The van der Waals surface area contributed by atoms with Crippen molar-refractivity contribution in [1.29, 1.82) is 0 Å². The molecule has 5 nitrogen and oxygen atoms in total. The quantitative estimate of drug-likeness (QED) is 0.553. The van der Waals surface area contributed by atoms with E-state index >= 15 is 0 Å². The van der Waals surface area contributed by atoms with Crippen LogP contribution < -0.4 is 10.6 Å². The third kappa shape index (κ3) is 4.15. The van der Waals surface area contributed by atoms with Crippen LogP contribution in [-0.4, -0.2) is 30.4 Å². The predicted molar refractivity (Wildman–Crippen MR) is 99.2 cm³/mol. The van der Waals surface area contributed by atoms with Gasteiger partial charge in [-0.15, -0.1) is 0 Å². The molecule has 2 N–H and O–H groups in total. The topological polar surface area (TPSA) is 61.6 Å². The number of hydroxylamine groups is 3. The lowest BCUT2D eigenvalue weighted by Gasteiger charge is -2.36. The zero-order chi connectivity index (χ0) is 20.5. The maximum Gasteiger partial charge on any atom is 0.491 e. The molecule has 3 rings (SSSR count). The Morgan fingerprint density at radius 3 is 2.61 bits per heavy atom. The lowest BCUT2D eigenvalue weighted by Crippen LogP contribution is -2.52. The normalized spacial score (nSPS) is 19.0. The minimum Gasteiger partial charge on any atom is -0.390 e. The van der Waals surface area contributed by atoms with Crippen LogP contribution in [0.1, 0.15) is 11.1 Å². The van der Waals surface area contributed by atoms with Gasteiger partial charge in [0.05, 0.1) is 5.56 Å². The first-order chi connectivity index (χ1) is 13.1. The zero-order valence-corrected chi connectivity index (χ0v) is 16.4. The van der Waals surface area contributed by atoms with E-state index in [1.165, 1.54) is 7.05 Å². The number of carbonyl (C=O) groups excluding carboxylic acids is 1. The Morgan fingerprint density at radius 1 is 1.21 bits per heavy atom. The van der Waals surface area contributed by atoms with Crippen molar-refractivity contribution in [3.05, 3.63) is 70.0 Å². The van der Waals surface area contributed by atoms with Crippen LogP contribution in [0.3, 0.4) is 0 Å². The van der Waals surface area contributed by atoms with Crippen molar-refractivity contribution in [3.8, 4) is 5.75 Å². The van der Waals surface area contributed by atoms with E-state index < -0.39 is 22.7 Å². The summed E-state index contributed by atoms with van der Waals surface area (Å²) in [6.07, 6.45) is -4.71. The van der Waals surface area contributed by atoms with Gasteiger partial charge in [-0.2, -0.15) is 13.2 Å². The molecule has 1 aliphatic rings. The number of esters is 1. The van der Waals surface area contributed by atoms with Gasteiger partial charge in [-0.25, -0.2) is 4.79 Å². The molecule has 0 fully saturated rings. The maximum atomic E-state index is 12.8. The van der Waals surface area contributed by atoms with Crippen molar-refractivity contribution >= 4 is 27.6 Å². The summed E-state index contributed by atoms with van der Waals surface area (Å²) in [7, 11) is 1.50. The van der Waals surface area contributed by atoms with Gasteiger partial charge in [0.1, 0.15) is 19.3 Å². The summed E-state index contributed by atoms with van der Waals surface area (Å²) in [5, 5.41) is 0. The van der Waals surface area contributed by atoms with Gasteiger partial charge >= 0.3 is 18.0 Å². The molecule has 0 saturated heterocycles. The number of hydrogen-bond donors (Lipinski definition) is 1. The van der Waals surface area contributed by atoms with Crippen LogP contribution in [0.25, 0.3) is 5.70 Å². The van der Waals surface area contributed by atoms with Gasteiger partial charge in [0, 0.05) is 10.9 Å². The van der Waals surface area contributed by atoms with Gasteiger partial charge in [-0.05, 0) is 29.8 Å². The Hall–Kier alpha value is -2.52. The number of nitrogens with zero attached hydrogens (tertiary/aromatic N) is 1. The maximum absolute atomic E-state index is 12.8. The second kappa shape index (κ2) is 7.48.